The Morgan fingerprint density at radius 1 is 1.18 bits per heavy atom. The zero-order valence-electron chi connectivity index (χ0n) is 6.67. The SMILES string of the molecule is CC1=Cc2ccccc2C1.[Pr]. The van der Waals surface area contributed by atoms with E-state index in [1.807, 2.05) is 0 Å². The van der Waals surface area contributed by atoms with Crippen molar-refractivity contribution in [2.45, 2.75) is 13.3 Å². The van der Waals surface area contributed by atoms with E-state index < -0.39 is 0 Å². The van der Waals surface area contributed by atoms with Crippen LogP contribution in [0.4, 0.5) is 0 Å². The molecule has 0 aromatic heterocycles. The predicted octanol–water partition coefficient (Wildman–Crippen LogP) is 2.65. The van der Waals surface area contributed by atoms with Crippen molar-refractivity contribution in [2.24, 2.45) is 0 Å². The van der Waals surface area contributed by atoms with Gasteiger partial charge in [-0.05, 0) is 24.5 Å². The van der Waals surface area contributed by atoms with Crippen LogP contribution in [0.15, 0.2) is 29.8 Å². The average molecular weight is 271 g/mol. The summed E-state index contributed by atoms with van der Waals surface area (Å²) in [5.41, 5.74) is 4.35. The molecule has 2 rings (SSSR count). The Balaban J connectivity index is 0.000000605. The molecule has 1 heteroatoms. The molecule has 1 radical (unpaired) electrons. The summed E-state index contributed by atoms with van der Waals surface area (Å²) < 4.78 is 0. The molecule has 1 aromatic carbocycles. The van der Waals surface area contributed by atoms with Crippen molar-refractivity contribution in [3.63, 3.8) is 0 Å². The van der Waals surface area contributed by atoms with Crippen LogP contribution in [0.5, 0.6) is 0 Å². The van der Waals surface area contributed by atoms with E-state index >= 15 is 0 Å². The molecule has 0 fully saturated rings. The van der Waals surface area contributed by atoms with E-state index in [1.165, 1.54) is 16.7 Å². The van der Waals surface area contributed by atoms with E-state index in [-0.39, 0.29) is 41.3 Å². The molecule has 0 bridgehead atoms. The van der Waals surface area contributed by atoms with E-state index in [4.69, 9.17) is 0 Å². The van der Waals surface area contributed by atoms with Gasteiger partial charge < -0.3 is 0 Å². The predicted molar refractivity (Wildman–Crippen MR) is 43.8 cm³/mol. The molecule has 0 nitrogen and oxygen atoms in total. The number of allylic oxidation sites excluding steroid dienone is 1. The summed E-state index contributed by atoms with van der Waals surface area (Å²) in [7, 11) is 0. The molecular formula is C10H10Pr. The summed E-state index contributed by atoms with van der Waals surface area (Å²) in [6, 6.07) is 8.56. The molecule has 1 aliphatic rings. The second kappa shape index (κ2) is 3.82. The summed E-state index contributed by atoms with van der Waals surface area (Å²) in [5.74, 6) is 0. The molecule has 1 aromatic rings. The van der Waals surface area contributed by atoms with Crippen LogP contribution in [0.25, 0.3) is 6.08 Å². The van der Waals surface area contributed by atoms with E-state index in [9.17, 15) is 0 Å². The average Bonchev–Trinajstić information content (AvgIpc) is 2.27. The fraction of sp³-hybridized carbons (Fsp3) is 0.200. The molecule has 0 atom stereocenters. The zero-order valence-corrected chi connectivity index (χ0v) is 10.4. The third kappa shape index (κ3) is 1.92. The second-order valence-corrected chi connectivity index (χ2v) is 2.87. The van der Waals surface area contributed by atoms with E-state index in [1.54, 1.807) is 0 Å². The standard InChI is InChI=1S/C10H10.Pr/c1-8-6-9-4-2-3-5-10(9)7-8;/h2-6H,7H2,1H3;. The van der Waals surface area contributed by atoms with Gasteiger partial charge in [-0.25, -0.2) is 0 Å². The van der Waals surface area contributed by atoms with Gasteiger partial charge >= 0.3 is 0 Å². The molecule has 53 valence electrons. The van der Waals surface area contributed by atoms with Crippen LogP contribution in [0, 0.1) is 41.3 Å². The van der Waals surface area contributed by atoms with Crippen LogP contribution in [-0.2, 0) is 6.42 Å². The first-order chi connectivity index (χ1) is 4.86. The Kier molecular flexibility index (Phi) is 3.27. The minimum absolute atomic E-state index is 0. The van der Waals surface area contributed by atoms with Crippen LogP contribution in [-0.4, -0.2) is 0 Å². The Morgan fingerprint density at radius 2 is 1.91 bits per heavy atom. The van der Waals surface area contributed by atoms with Crippen LogP contribution >= 0.6 is 0 Å². The van der Waals surface area contributed by atoms with E-state index in [2.05, 4.69) is 37.3 Å². The van der Waals surface area contributed by atoms with Crippen LogP contribution in [0.3, 0.4) is 0 Å². The first-order valence-electron chi connectivity index (χ1n) is 3.61. The van der Waals surface area contributed by atoms with Gasteiger partial charge in [-0.15, -0.1) is 0 Å². The summed E-state index contributed by atoms with van der Waals surface area (Å²) in [6.07, 6.45) is 3.41. The molecule has 0 heterocycles. The van der Waals surface area contributed by atoms with Gasteiger partial charge in [-0.1, -0.05) is 35.9 Å². The van der Waals surface area contributed by atoms with Gasteiger partial charge in [0.15, 0.2) is 0 Å². The third-order valence-electron chi connectivity index (χ3n) is 1.93. The van der Waals surface area contributed by atoms with Crippen LogP contribution < -0.4 is 0 Å². The molecular weight excluding hydrogens is 261 g/mol. The maximum atomic E-state index is 2.26. The molecule has 0 spiro atoms. The van der Waals surface area contributed by atoms with E-state index in [0.717, 1.165) is 6.42 Å². The number of rotatable bonds is 0. The first kappa shape index (κ1) is 9.41. The first-order valence-corrected chi connectivity index (χ1v) is 3.61. The van der Waals surface area contributed by atoms with Gasteiger partial charge in [0, 0.05) is 41.3 Å². The van der Waals surface area contributed by atoms with Gasteiger partial charge in [-0.3, -0.25) is 0 Å². The zero-order chi connectivity index (χ0) is 6.97. The molecule has 11 heavy (non-hydrogen) atoms. The summed E-state index contributed by atoms with van der Waals surface area (Å²) >= 11 is 0. The number of hydrogen-bond acceptors (Lipinski definition) is 0. The Morgan fingerprint density at radius 3 is 2.64 bits per heavy atom. The number of benzene rings is 1. The summed E-state index contributed by atoms with van der Waals surface area (Å²) in [4.78, 5) is 0. The third-order valence-corrected chi connectivity index (χ3v) is 1.93. The second-order valence-electron chi connectivity index (χ2n) is 2.87. The van der Waals surface area contributed by atoms with E-state index in [0.29, 0.717) is 0 Å². The van der Waals surface area contributed by atoms with Gasteiger partial charge in [0.05, 0.1) is 0 Å². The molecule has 0 saturated carbocycles. The van der Waals surface area contributed by atoms with Gasteiger partial charge in [0.25, 0.3) is 0 Å². The van der Waals surface area contributed by atoms with Gasteiger partial charge in [0.1, 0.15) is 0 Å². The Labute approximate surface area is 101 Å². The number of hydrogen-bond donors (Lipinski definition) is 0. The smallest absolute Gasteiger partial charge is 0 e. The molecule has 0 saturated heterocycles. The van der Waals surface area contributed by atoms with Crippen molar-refractivity contribution in [1.29, 1.82) is 0 Å². The van der Waals surface area contributed by atoms with Crippen molar-refractivity contribution in [3.05, 3.63) is 41.0 Å². The van der Waals surface area contributed by atoms with Crippen molar-refractivity contribution < 1.29 is 41.3 Å². The van der Waals surface area contributed by atoms with Crippen molar-refractivity contribution >= 4 is 6.08 Å². The summed E-state index contributed by atoms with van der Waals surface area (Å²) in [5, 5.41) is 0. The minimum atomic E-state index is 0. The molecule has 1 aliphatic carbocycles. The molecule has 0 aliphatic heterocycles. The van der Waals surface area contributed by atoms with Crippen molar-refractivity contribution in [2.75, 3.05) is 0 Å². The fourth-order valence-corrected chi connectivity index (χ4v) is 1.45. The monoisotopic (exact) mass is 271 g/mol. The minimum Gasteiger partial charge on any atom is -0.0683 e. The number of fused-ring (bicyclic) bond motifs is 1. The maximum Gasteiger partial charge on any atom is 0 e. The van der Waals surface area contributed by atoms with Crippen LogP contribution in [0.1, 0.15) is 18.1 Å². The Bertz CT molecular complexity index is 287. The normalized spacial score (nSPS) is 13.4. The molecule has 0 N–H and O–H groups in total. The quantitative estimate of drug-likeness (QED) is 0.680. The van der Waals surface area contributed by atoms with Crippen molar-refractivity contribution in [3.8, 4) is 0 Å². The molecule has 0 unspecified atom stereocenters. The van der Waals surface area contributed by atoms with Gasteiger partial charge in [-0.2, -0.15) is 0 Å². The summed E-state index contributed by atoms with van der Waals surface area (Å²) in [6.45, 7) is 2.18. The van der Waals surface area contributed by atoms with Crippen molar-refractivity contribution in [1.82, 2.24) is 0 Å². The molecule has 0 amide bonds. The topological polar surface area (TPSA) is 0 Å². The van der Waals surface area contributed by atoms with Gasteiger partial charge in [0.2, 0.25) is 0 Å². The largest absolute Gasteiger partial charge is 0.0683 e. The fourth-order valence-electron chi connectivity index (χ4n) is 1.45. The van der Waals surface area contributed by atoms with Crippen LogP contribution in [0.2, 0.25) is 0 Å². The Hall–Kier alpha value is 0.324. The maximum absolute atomic E-state index is 2.26.